The molecular formula is C22H29FN2O4. The van der Waals surface area contributed by atoms with Crippen molar-refractivity contribution in [1.82, 2.24) is 10.2 Å². The SMILES string of the molecule is COc1cccc(CNCc2ccc(F)cc2)c1OCC(O)CN1CCOCC1. The molecular weight excluding hydrogens is 375 g/mol. The first-order valence-corrected chi connectivity index (χ1v) is 9.87. The molecule has 29 heavy (non-hydrogen) atoms. The first kappa shape index (κ1) is 21.5. The molecule has 1 aliphatic rings. The van der Waals surface area contributed by atoms with Crippen LogP contribution in [0.4, 0.5) is 4.39 Å². The number of hydrogen-bond acceptors (Lipinski definition) is 6. The average Bonchev–Trinajstić information content (AvgIpc) is 2.74. The van der Waals surface area contributed by atoms with Crippen molar-refractivity contribution < 1.29 is 23.7 Å². The Balaban J connectivity index is 1.55. The number of nitrogens with zero attached hydrogens (tertiary/aromatic N) is 1. The van der Waals surface area contributed by atoms with Crippen LogP contribution in [0.15, 0.2) is 42.5 Å². The highest BCUT2D eigenvalue weighted by Crippen LogP contribution is 2.31. The third-order valence-electron chi connectivity index (χ3n) is 4.83. The second kappa shape index (κ2) is 11.1. The van der Waals surface area contributed by atoms with E-state index in [0.29, 0.717) is 44.3 Å². The number of hydrogen-bond donors (Lipinski definition) is 2. The van der Waals surface area contributed by atoms with E-state index in [4.69, 9.17) is 14.2 Å². The molecule has 0 amide bonds. The summed E-state index contributed by atoms with van der Waals surface area (Å²) in [6.07, 6.45) is -0.599. The van der Waals surface area contributed by atoms with E-state index in [1.54, 1.807) is 19.2 Å². The number of halogens is 1. The van der Waals surface area contributed by atoms with E-state index < -0.39 is 6.10 Å². The van der Waals surface area contributed by atoms with Crippen LogP contribution in [-0.2, 0) is 17.8 Å². The van der Waals surface area contributed by atoms with E-state index in [2.05, 4.69) is 10.2 Å². The molecule has 3 rings (SSSR count). The highest BCUT2D eigenvalue weighted by molar-refractivity contribution is 5.46. The summed E-state index contributed by atoms with van der Waals surface area (Å²) in [5, 5.41) is 13.7. The minimum atomic E-state index is -0.599. The van der Waals surface area contributed by atoms with Crippen molar-refractivity contribution in [1.29, 1.82) is 0 Å². The second-order valence-corrected chi connectivity index (χ2v) is 7.06. The van der Waals surface area contributed by atoms with Crippen LogP contribution in [0.2, 0.25) is 0 Å². The maximum absolute atomic E-state index is 13.0. The van der Waals surface area contributed by atoms with Gasteiger partial charge in [-0.1, -0.05) is 24.3 Å². The van der Waals surface area contributed by atoms with Crippen LogP contribution in [0.1, 0.15) is 11.1 Å². The summed E-state index contributed by atoms with van der Waals surface area (Å²) >= 11 is 0. The van der Waals surface area contributed by atoms with Crippen molar-refractivity contribution in [2.45, 2.75) is 19.2 Å². The quantitative estimate of drug-likeness (QED) is 0.633. The monoisotopic (exact) mass is 404 g/mol. The highest BCUT2D eigenvalue weighted by Gasteiger charge is 2.17. The number of aliphatic hydroxyl groups excluding tert-OH is 1. The predicted octanol–water partition coefficient (Wildman–Crippen LogP) is 2.20. The molecule has 2 aromatic rings. The molecule has 0 bridgehead atoms. The van der Waals surface area contributed by atoms with Crippen LogP contribution in [0, 0.1) is 5.82 Å². The van der Waals surface area contributed by atoms with E-state index in [1.807, 2.05) is 18.2 Å². The number of rotatable bonds is 10. The molecule has 1 heterocycles. The van der Waals surface area contributed by atoms with Gasteiger partial charge >= 0.3 is 0 Å². The molecule has 0 saturated carbocycles. The Bertz CT molecular complexity index is 751. The second-order valence-electron chi connectivity index (χ2n) is 7.06. The largest absolute Gasteiger partial charge is 0.493 e. The van der Waals surface area contributed by atoms with Crippen molar-refractivity contribution in [3.8, 4) is 11.5 Å². The number of benzene rings is 2. The van der Waals surface area contributed by atoms with E-state index in [9.17, 15) is 9.50 Å². The number of nitrogens with one attached hydrogen (secondary N) is 1. The number of ether oxygens (including phenoxy) is 3. The zero-order valence-electron chi connectivity index (χ0n) is 16.8. The summed E-state index contributed by atoms with van der Waals surface area (Å²) < 4.78 is 29.8. The lowest BCUT2D eigenvalue weighted by molar-refractivity contribution is 0.00436. The average molecular weight is 404 g/mol. The van der Waals surface area contributed by atoms with Gasteiger partial charge in [-0.2, -0.15) is 0 Å². The fourth-order valence-corrected chi connectivity index (χ4v) is 3.28. The molecule has 2 N–H and O–H groups in total. The molecule has 1 fully saturated rings. The first-order valence-electron chi connectivity index (χ1n) is 9.87. The molecule has 1 saturated heterocycles. The third-order valence-corrected chi connectivity index (χ3v) is 4.83. The summed E-state index contributed by atoms with van der Waals surface area (Å²) in [7, 11) is 1.60. The Morgan fingerprint density at radius 2 is 1.90 bits per heavy atom. The summed E-state index contributed by atoms with van der Waals surface area (Å²) in [6.45, 7) is 4.95. The van der Waals surface area contributed by atoms with Gasteiger partial charge in [-0.25, -0.2) is 4.39 Å². The van der Waals surface area contributed by atoms with Gasteiger partial charge in [0.2, 0.25) is 0 Å². The molecule has 0 aromatic heterocycles. The summed E-state index contributed by atoms with van der Waals surface area (Å²) in [6, 6.07) is 12.1. The van der Waals surface area contributed by atoms with Gasteiger partial charge in [0.05, 0.1) is 20.3 Å². The minimum Gasteiger partial charge on any atom is -0.493 e. The van der Waals surface area contributed by atoms with Crippen molar-refractivity contribution in [2.24, 2.45) is 0 Å². The number of morpholine rings is 1. The minimum absolute atomic E-state index is 0.183. The lowest BCUT2D eigenvalue weighted by atomic mass is 10.1. The smallest absolute Gasteiger partial charge is 0.165 e. The zero-order valence-corrected chi connectivity index (χ0v) is 16.8. The third kappa shape index (κ3) is 6.68. The van der Waals surface area contributed by atoms with Crippen molar-refractivity contribution in [3.63, 3.8) is 0 Å². The van der Waals surface area contributed by atoms with Gasteiger partial charge in [0.1, 0.15) is 18.5 Å². The maximum atomic E-state index is 13.0. The standard InChI is InChI=1S/C22H29FN2O4/c1-27-21-4-2-3-18(14-24-13-17-5-7-19(23)8-6-17)22(21)29-16-20(26)15-25-9-11-28-12-10-25/h2-8,20,24,26H,9-16H2,1H3. The predicted molar refractivity (Wildman–Crippen MR) is 109 cm³/mol. The number of methoxy groups -OCH3 is 1. The molecule has 1 unspecified atom stereocenters. The van der Waals surface area contributed by atoms with Crippen LogP contribution >= 0.6 is 0 Å². The van der Waals surface area contributed by atoms with E-state index in [0.717, 1.165) is 24.2 Å². The van der Waals surface area contributed by atoms with Crippen LogP contribution in [0.25, 0.3) is 0 Å². The molecule has 7 heteroatoms. The molecule has 0 spiro atoms. The van der Waals surface area contributed by atoms with Gasteiger partial charge in [0.25, 0.3) is 0 Å². The molecule has 158 valence electrons. The van der Waals surface area contributed by atoms with Crippen LogP contribution in [0.5, 0.6) is 11.5 Å². The first-order chi connectivity index (χ1) is 14.2. The van der Waals surface area contributed by atoms with Gasteiger partial charge in [0.15, 0.2) is 11.5 Å². The summed E-state index contributed by atoms with van der Waals surface area (Å²) in [5.41, 5.74) is 1.93. The Hall–Kier alpha value is -2.19. The van der Waals surface area contributed by atoms with Crippen LogP contribution < -0.4 is 14.8 Å². The molecule has 1 atom stereocenters. The van der Waals surface area contributed by atoms with E-state index >= 15 is 0 Å². The van der Waals surface area contributed by atoms with Crippen molar-refractivity contribution >= 4 is 0 Å². The van der Waals surface area contributed by atoms with E-state index in [-0.39, 0.29) is 12.4 Å². The number of para-hydroxylation sites is 1. The molecule has 0 radical (unpaired) electrons. The fraction of sp³-hybridized carbons (Fsp3) is 0.455. The van der Waals surface area contributed by atoms with Gasteiger partial charge in [-0.3, -0.25) is 4.90 Å². The number of aliphatic hydroxyl groups is 1. The molecule has 6 nitrogen and oxygen atoms in total. The number of β-amino-alcohol motifs (C(OH)–C–C–N with tert-alkyl or cyclic N) is 1. The lowest BCUT2D eigenvalue weighted by Crippen LogP contribution is -2.42. The Kier molecular flexibility index (Phi) is 8.25. The lowest BCUT2D eigenvalue weighted by Gasteiger charge is -2.28. The topological polar surface area (TPSA) is 63.2 Å². The Morgan fingerprint density at radius 3 is 2.62 bits per heavy atom. The normalized spacial score (nSPS) is 15.8. The maximum Gasteiger partial charge on any atom is 0.165 e. The zero-order chi connectivity index (χ0) is 20.5. The van der Waals surface area contributed by atoms with Crippen molar-refractivity contribution in [2.75, 3.05) is 46.6 Å². The highest BCUT2D eigenvalue weighted by atomic mass is 19.1. The summed E-state index contributed by atoms with van der Waals surface area (Å²) in [4.78, 5) is 2.17. The van der Waals surface area contributed by atoms with Crippen molar-refractivity contribution in [3.05, 3.63) is 59.4 Å². The van der Waals surface area contributed by atoms with Crippen LogP contribution in [-0.4, -0.2) is 62.7 Å². The van der Waals surface area contributed by atoms with Gasteiger partial charge < -0.3 is 24.6 Å². The van der Waals surface area contributed by atoms with Gasteiger partial charge in [0, 0.05) is 38.3 Å². The Morgan fingerprint density at radius 1 is 1.14 bits per heavy atom. The molecule has 2 aromatic carbocycles. The van der Waals surface area contributed by atoms with E-state index in [1.165, 1.54) is 12.1 Å². The summed E-state index contributed by atoms with van der Waals surface area (Å²) in [5.74, 6) is 1.01. The van der Waals surface area contributed by atoms with Crippen LogP contribution in [0.3, 0.4) is 0 Å². The Labute approximate surface area is 171 Å². The van der Waals surface area contributed by atoms with Gasteiger partial charge in [-0.05, 0) is 23.8 Å². The van der Waals surface area contributed by atoms with Gasteiger partial charge in [-0.15, -0.1) is 0 Å². The molecule has 0 aliphatic carbocycles. The molecule has 1 aliphatic heterocycles. The fourth-order valence-electron chi connectivity index (χ4n) is 3.28.